The van der Waals surface area contributed by atoms with E-state index in [9.17, 15) is 9.59 Å². The molecule has 7 heteroatoms. The molecule has 6 nitrogen and oxygen atoms in total. The second kappa shape index (κ2) is 8.97. The number of hydrogen-bond donors (Lipinski definition) is 2. The van der Waals surface area contributed by atoms with Gasteiger partial charge in [0.2, 0.25) is 5.91 Å². The number of carbonyl (C=O) groups is 2. The number of hydrogen-bond acceptors (Lipinski definition) is 4. The molecular weight excluding hydrogens is 380 g/mol. The Morgan fingerprint density at radius 3 is 2.57 bits per heavy atom. The lowest BCUT2D eigenvalue weighted by molar-refractivity contribution is -0.116. The van der Waals surface area contributed by atoms with Crippen LogP contribution in [0.1, 0.15) is 36.2 Å². The van der Waals surface area contributed by atoms with Gasteiger partial charge in [-0.2, -0.15) is 0 Å². The smallest absolute Gasteiger partial charge is 0.253 e. The molecule has 1 heterocycles. The lowest BCUT2D eigenvalue weighted by Crippen LogP contribution is -2.31. The maximum Gasteiger partial charge on any atom is 0.253 e. The van der Waals surface area contributed by atoms with Gasteiger partial charge in [0.1, 0.15) is 13.2 Å². The summed E-state index contributed by atoms with van der Waals surface area (Å²) in [7, 11) is 0. The SMILES string of the molecule is CC(C)NC(=O)c1ccc(Cl)cc1NC(=O)CCc1ccc2c(c1)OCCO2. The van der Waals surface area contributed by atoms with E-state index in [2.05, 4.69) is 10.6 Å². The average molecular weight is 403 g/mol. The molecule has 1 aliphatic heterocycles. The fourth-order valence-corrected chi connectivity index (χ4v) is 3.04. The molecule has 28 heavy (non-hydrogen) atoms. The molecule has 0 atom stereocenters. The number of carbonyl (C=O) groups excluding carboxylic acids is 2. The zero-order valence-electron chi connectivity index (χ0n) is 15.9. The molecule has 0 aliphatic carbocycles. The molecule has 1 aliphatic rings. The summed E-state index contributed by atoms with van der Waals surface area (Å²) in [4.78, 5) is 24.8. The van der Waals surface area contributed by atoms with Crippen molar-refractivity contribution in [2.75, 3.05) is 18.5 Å². The molecule has 0 spiro atoms. The van der Waals surface area contributed by atoms with E-state index in [1.54, 1.807) is 18.2 Å². The highest BCUT2D eigenvalue weighted by Crippen LogP contribution is 2.31. The third-order valence-electron chi connectivity index (χ3n) is 4.17. The van der Waals surface area contributed by atoms with Crippen LogP contribution < -0.4 is 20.1 Å². The molecule has 0 radical (unpaired) electrons. The van der Waals surface area contributed by atoms with Gasteiger partial charge in [-0.25, -0.2) is 0 Å². The minimum absolute atomic E-state index is 0.0121. The minimum atomic E-state index is -0.256. The second-order valence-electron chi connectivity index (χ2n) is 6.84. The minimum Gasteiger partial charge on any atom is -0.486 e. The fourth-order valence-electron chi connectivity index (χ4n) is 2.87. The maximum absolute atomic E-state index is 12.4. The maximum atomic E-state index is 12.4. The number of ether oxygens (including phenoxy) is 2. The van der Waals surface area contributed by atoms with Crippen molar-refractivity contribution in [3.05, 3.63) is 52.5 Å². The number of halogens is 1. The molecule has 0 aromatic heterocycles. The van der Waals surface area contributed by atoms with Crippen LogP contribution >= 0.6 is 11.6 Å². The van der Waals surface area contributed by atoms with Gasteiger partial charge >= 0.3 is 0 Å². The van der Waals surface area contributed by atoms with Crippen molar-refractivity contribution in [1.82, 2.24) is 5.32 Å². The van der Waals surface area contributed by atoms with Gasteiger partial charge < -0.3 is 20.1 Å². The third-order valence-corrected chi connectivity index (χ3v) is 4.40. The van der Waals surface area contributed by atoms with Crippen LogP contribution in [0.15, 0.2) is 36.4 Å². The van der Waals surface area contributed by atoms with Gasteiger partial charge in [0.25, 0.3) is 5.91 Å². The first-order valence-corrected chi connectivity index (χ1v) is 9.59. The van der Waals surface area contributed by atoms with E-state index in [1.807, 2.05) is 32.0 Å². The summed E-state index contributed by atoms with van der Waals surface area (Å²) in [5, 5.41) is 6.07. The molecule has 148 valence electrons. The summed E-state index contributed by atoms with van der Waals surface area (Å²) in [6, 6.07) is 10.5. The normalized spacial score (nSPS) is 12.6. The van der Waals surface area contributed by atoms with E-state index < -0.39 is 0 Å². The third kappa shape index (κ3) is 5.16. The van der Waals surface area contributed by atoms with Crippen molar-refractivity contribution < 1.29 is 19.1 Å². The van der Waals surface area contributed by atoms with Gasteiger partial charge in [-0.1, -0.05) is 17.7 Å². The Bertz CT molecular complexity index is 883. The topological polar surface area (TPSA) is 76.7 Å². The average Bonchev–Trinajstić information content (AvgIpc) is 2.65. The number of aryl methyl sites for hydroxylation is 1. The Hall–Kier alpha value is -2.73. The summed E-state index contributed by atoms with van der Waals surface area (Å²) in [5.74, 6) is 0.968. The van der Waals surface area contributed by atoms with Crippen LogP contribution in [0.3, 0.4) is 0 Å². The zero-order valence-corrected chi connectivity index (χ0v) is 16.6. The summed E-state index contributed by atoms with van der Waals surface area (Å²) in [5.41, 5.74) is 1.76. The molecule has 2 N–H and O–H groups in total. The summed E-state index contributed by atoms with van der Waals surface area (Å²) < 4.78 is 11.1. The highest BCUT2D eigenvalue weighted by Gasteiger charge is 2.16. The van der Waals surface area contributed by atoms with Gasteiger partial charge in [-0.3, -0.25) is 9.59 Å². The second-order valence-corrected chi connectivity index (χ2v) is 7.28. The number of benzene rings is 2. The lowest BCUT2D eigenvalue weighted by atomic mass is 10.1. The standard InChI is InChI=1S/C21H23ClN2O4/c1-13(2)23-21(26)16-6-5-15(22)12-17(16)24-20(25)8-4-14-3-7-18-19(11-14)28-10-9-27-18/h3,5-7,11-13H,4,8-10H2,1-2H3,(H,23,26)(H,24,25). The molecule has 0 saturated carbocycles. The van der Waals surface area contributed by atoms with Crippen molar-refractivity contribution in [1.29, 1.82) is 0 Å². The summed E-state index contributed by atoms with van der Waals surface area (Å²) in [6.07, 6.45) is 0.800. The number of amides is 2. The monoisotopic (exact) mass is 402 g/mol. The molecule has 0 unspecified atom stereocenters. The van der Waals surface area contributed by atoms with Crippen LogP contribution in [0.2, 0.25) is 5.02 Å². The van der Waals surface area contributed by atoms with E-state index in [1.165, 1.54) is 0 Å². The van der Waals surface area contributed by atoms with E-state index in [-0.39, 0.29) is 24.3 Å². The fraction of sp³-hybridized carbons (Fsp3) is 0.333. The van der Waals surface area contributed by atoms with E-state index in [4.69, 9.17) is 21.1 Å². The quantitative estimate of drug-likeness (QED) is 0.770. The first-order chi connectivity index (χ1) is 13.4. The Morgan fingerprint density at radius 1 is 1.07 bits per heavy atom. The van der Waals surface area contributed by atoms with E-state index in [0.29, 0.717) is 41.7 Å². The molecule has 0 saturated heterocycles. The summed E-state index contributed by atoms with van der Waals surface area (Å²) in [6.45, 7) is 4.81. The van der Waals surface area contributed by atoms with Crippen molar-refractivity contribution in [2.45, 2.75) is 32.7 Å². The Balaban J connectivity index is 1.65. The number of rotatable bonds is 6. The van der Waals surface area contributed by atoms with Gasteiger partial charge in [0, 0.05) is 17.5 Å². The van der Waals surface area contributed by atoms with Crippen molar-refractivity contribution in [3.63, 3.8) is 0 Å². The highest BCUT2D eigenvalue weighted by molar-refractivity contribution is 6.31. The largest absolute Gasteiger partial charge is 0.486 e. The molecular formula is C21H23ClN2O4. The Morgan fingerprint density at radius 2 is 1.82 bits per heavy atom. The number of nitrogens with one attached hydrogen (secondary N) is 2. The van der Waals surface area contributed by atoms with Crippen molar-refractivity contribution in [2.24, 2.45) is 0 Å². The van der Waals surface area contributed by atoms with Gasteiger partial charge in [0.15, 0.2) is 11.5 Å². The molecule has 0 bridgehead atoms. The summed E-state index contributed by atoms with van der Waals surface area (Å²) >= 11 is 6.04. The van der Waals surface area contributed by atoms with E-state index in [0.717, 1.165) is 11.3 Å². The van der Waals surface area contributed by atoms with Crippen LogP contribution in [0.5, 0.6) is 11.5 Å². The Labute approximate surface area is 169 Å². The van der Waals surface area contributed by atoms with Crippen LogP contribution in [0.25, 0.3) is 0 Å². The van der Waals surface area contributed by atoms with Gasteiger partial charge in [0.05, 0.1) is 11.3 Å². The molecule has 0 fully saturated rings. The molecule has 2 aromatic carbocycles. The highest BCUT2D eigenvalue weighted by atomic mass is 35.5. The first-order valence-electron chi connectivity index (χ1n) is 9.21. The van der Waals surface area contributed by atoms with Gasteiger partial charge in [-0.05, 0) is 56.2 Å². The van der Waals surface area contributed by atoms with Gasteiger partial charge in [-0.15, -0.1) is 0 Å². The predicted molar refractivity (Wildman–Crippen MR) is 108 cm³/mol. The van der Waals surface area contributed by atoms with Crippen LogP contribution in [0.4, 0.5) is 5.69 Å². The molecule has 2 aromatic rings. The van der Waals surface area contributed by atoms with E-state index >= 15 is 0 Å². The van der Waals surface area contributed by atoms with Crippen LogP contribution in [-0.2, 0) is 11.2 Å². The lowest BCUT2D eigenvalue weighted by Gasteiger charge is -2.18. The number of fused-ring (bicyclic) bond motifs is 1. The number of anilines is 1. The first kappa shape index (κ1) is 20.0. The molecule has 3 rings (SSSR count). The predicted octanol–water partition coefficient (Wildman–Crippen LogP) is 3.82. The zero-order chi connectivity index (χ0) is 20.1. The van der Waals surface area contributed by atoms with Crippen LogP contribution in [0, 0.1) is 0 Å². The van der Waals surface area contributed by atoms with Crippen molar-refractivity contribution >= 4 is 29.1 Å². The Kier molecular flexibility index (Phi) is 6.41. The molecule has 2 amide bonds. The van der Waals surface area contributed by atoms with Crippen molar-refractivity contribution in [3.8, 4) is 11.5 Å². The van der Waals surface area contributed by atoms with Crippen LogP contribution in [-0.4, -0.2) is 31.1 Å².